The highest BCUT2D eigenvalue weighted by Gasteiger charge is 2.28. The lowest BCUT2D eigenvalue weighted by atomic mass is 9.98. The molecule has 0 aliphatic rings. The quantitative estimate of drug-likeness (QED) is 0.350. The molecule has 0 rings (SSSR count). The van der Waals surface area contributed by atoms with Crippen LogP contribution in [0, 0.1) is 10.8 Å². The molecular weight excluding hydrogens is 391 g/mol. The van der Waals surface area contributed by atoms with Gasteiger partial charge in [0.05, 0.1) is 10.8 Å². The van der Waals surface area contributed by atoms with Crippen LogP contribution in [0.3, 0.4) is 0 Å². The van der Waals surface area contributed by atoms with Crippen LogP contribution in [-0.4, -0.2) is 25.5 Å². The predicted molar refractivity (Wildman–Crippen MR) is 88.7 cm³/mol. The molecule has 134 valence electrons. The fourth-order valence-corrected chi connectivity index (χ4v) is 2.58. The fraction of sp³-hybridized carbons (Fsp3) is 0.714. The van der Waals surface area contributed by atoms with Crippen molar-refractivity contribution in [3.05, 3.63) is 10.8 Å². The molecule has 9 heteroatoms. The average molecular weight is 415 g/mol. The maximum Gasteiger partial charge on any atom is 0.360 e. The van der Waals surface area contributed by atoms with Crippen molar-refractivity contribution in [3.63, 3.8) is 0 Å². The van der Waals surface area contributed by atoms with Crippen molar-refractivity contribution in [2.24, 2.45) is 10.8 Å². The Morgan fingerprint density at radius 2 is 1.26 bits per heavy atom. The molecule has 0 unspecified atom stereocenters. The van der Waals surface area contributed by atoms with E-state index in [9.17, 15) is 14.2 Å². The second-order valence-electron chi connectivity index (χ2n) is 6.67. The summed E-state index contributed by atoms with van der Waals surface area (Å²) in [5.41, 5.74) is -1.41. The number of carbonyl (C=O) groups excluding carboxylic acids is 2. The van der Waals surface area contributed by atoms with E-state index in [1.807, 2.05) is 0 Å². The minimum absolute atomic E-state index is 0.508. The molecule has 0 spiro atoms. The van der Waals surface area contributed by atoms with E-state index in [1.54, 1.807) is 41.5 Å². The number of rotatable bonds is 7. The Balaban J connectivity index is 4.50. The van der Waals surface area contributed by atoms with E-state index in [0.717, 1.165) is 5.82 Å². The third-order valence-electron chi connectivity index (χ3n) is 2.31. The summed E-state index contributed by atoms with van der Waals surface area (Å²) in [5.74, 6) is 0.0973. The number of carbonyl (C=O) groups is 2. The van der Waals surface area contributed by atoms with Gasteiger partial charge >= 0.3 is 19.5 Å². The van der Waals surface area contributed by atoms with E-state index >= 15 is 0 Å². The SMILES string of the molecule is CC(C)(C)C(=O)OCOP(=O)(/C=C/Br)OCOC(=O)C(C)(C)C. The van der Waals surface area contributed by atoms with Gasteiger partial charge < -0.3 is 9.47 Å². The van der Waals surface area contributed by atoms with Crippen LogP contribution in [0.4, 0.5) is 0 Å². The Labute approximate surface area is 145 Å². The Morgan fingerprint density at radius 3 is 1.52 bits per heavy atom. The molecule has 0 N–H and O–H groups in total. The molecule has 0 aromatic carbocycles. The molecule has 0 bridgehead atoms. The number of halogens is 1. The highest BCUT2D eigenvalue weighted by molar-refractivity contribution is 9.11. The van der Waals surface area contributed by atoms with Crippen molar-refractivity contribution in [1.82, 2.24) is 0 Å². The van der Waals surface area contributed by atoms with E-state index in [0.29, 0.717) is 0 Å². The zero-order chi connectivity index (χ0) is 18.3. The molecule has 0 saturated carbocycles. The zero-order valence-corrected chi connectivity index (χ0v) is 16.7. The van der Waals surface area contributed by atoms with Crippen LogP contribution in [0.5, 0.6) is 0 Å². The highest BCUT2D eigenvalue weighted by atomic mass is 79.9. The van der Waals surface area contributed by atoms with Gasteiger partial charge in [-0.3, -0.25) is 23.2 Å². The predicted octanol–water partition coefficient (Wildman–Crippen LogP) is 4.17. The summed E-state index contributed by atoms with van der Waals surface area (Å²) >= 11 is 2.96. The standard InChI is InChI=1S/C14H24BrO7P/c1-13(2,3)11(16)19-9-21-23(18,8-7-15)22-10-20-12(17)14(4,5)6/h7-8H,9-10H2,1-6H3/b8-7+. The van der Waals surface area contributed by atoms with Gasteiger partial charge in [0.1, 0.15) is 0 Å². The Kier molecular flexibility index (Phi) is 8.70. The molecule has 0 saturated heterocycles. The first-order valence-electron chi connectivity index (χ1n) is 6.83. The molecular formula is C14H24BrO7P. The minimum atomic E-state index is -3.72. The van der Waals surface area contributed by atoms with Crippen molar-refractivity contribution < 1.29 is 32.7 Å². The van der Waals surface area contributed by atoms with E-state index in [1.165, 1.54) is 4.99 Å². The highest BCUT2D eigenvalue weighted by Crippen LogP contribution is 2.50. The smallest absolute Gasteiger partial charge is 0.360 e. The van der Waals surface area contributed by atoms with Crippen molar-refractivity contribution in [1.29, 1.82) is 0 Å². The molecule has 0 aromatic rings. The second kappa shape index (κ2) is 8.97. The van der Waals surface area contributed by atoms with Crippen molar-refractivity contribution in [2.45, 2.75) is 41.5 Å². The lowest BCUT2D eigenvalue weighted by molar-refractivity contribution is -0.161. The first-order chi connectivity index (χ1) is 10.3. The summed E-state index contributed by atoms with van der Waals surface area (Å²) in [4.78, 5) is 24.5. The Morgan fingerprint density at radius 1 is 0.913 bits per heavy atom. The second-order valence-corrected chi connectivity index (χ2v) is 9.10. The van der Waals surface area contributed by atoms with Crippen molar-refractivity contribution in [3.8, 4) is 0 Å². The summed E-state index contributed by atoms with van der Waals surface area (Å²) < 4.78 is 32.0. The Bertz CT molecular complexity index is 452. The summed E-state index contributed by atoms with van der Waals surface area (Å²) in [7, 11) is -3.72. The molecule has 0 aromatic heterocycles. The van der Waals surface area contributed by atoms with Crippen LogP contribution in [0.2, 0.25) is 0 Å². The van der Waals surface area contributed by atoms with Crippen molar-refractivity contribution in [2.75, 3.05) is 13.6 Å². The summed E-state index contributed by atoms with van der Waals surface area (Å²) in [5, 5.41) is 0. The van der Waals surface area contributed by atoms with Crippen LogP contribution in [0.15, 0.2) is 10.8 Å². The van der Waals surface area contributed by atoms with Gasteiger partial charge in [0.2, 0.25) is 13.6 Å². The molecule has 0 aliphatic heterocycles. The van der Waals surface area contributed by atoms with E-state index in [2.05, 4.69) is 15.9 Å². The number of esters is 2. The molecule has 0 amide bonds. The molecule has 7 nitrogen and oxygen atoms in total. The molecule has 0 fully saturated rings. The van der Waals surface area contributed by atoms with Crippen LogP contribution in [0.1, 0.15) is 41.5 Å². The molecule has 0 radical (unpaired) electrons. The van der Waals surface area contributed by atoms with Gasteiger partial charge in [0, 0.05) is 5.82 Å². The summed E-state index contributed by atoms with van der Waals surface area (Å²) in [6, 6.07) is 0. The molecule has 0 aliphatic carbocycles. The average Bonchev–Trinajstić information content (AvgIpc) is 2.36. The van der Waals surface area contributed by atoms with Gasteiger partial charge in [-0.05, 0) is 46.5 Å². The first-order valence-corrected chi connectivity index (χ1v) is 9.36. The number of ether oxygens (including phenoxy) is 2. The third kappa shape index (κ3) is 9.25. The van der Waals surface area contributed by atoms with Gasteiger partial charge in [0.25, 0.3) is 0 Å². The lowest BCUT2D eigenvalue weighted by Gasteiger charge is -2.20. The topological polar surface area (TPSA) is 88.1 Å². The number of hydrogen-bond acceptors (Lipinski definition) is 7. The van der Waals surface area contributed by atoms with Crippen LogP contribution >= 0.6 is 23.5 Å². The van der Waals surface area contributed by atoms with Gasteiger partial charge in [-0.1, -0.05) is 15.9 Å². The van der Waals surface area contributed by atoms with Gasteiger partial charge in [0.15, 0.2) is 0 Å². The number of hydrogen-bond donors (Lipinski definition) is 0. The first kappa shape index (κ1) is 22.3. The van der Waals surface area contributed by atoms with Crippen LogP contribution < -0.4 is 0 Å². The fourth-order valence-electron chi connectivity index (χ4n) is 0.932. The summed E-state index contributed by atoms with van der Waals surface area (Å²) in [6.45, 7) is 8.97. The zero-order valence-electron chi connectivity index (χ0n) is 14.3. The van der Waals surface area contributed by atoms with Crippen molar-refractivity contribution >= 4 is 35.5 Å². The Hall–Kier alpha value is -0.690. The minimum Gasteiger partial charge on any atom is -0.438 e. The lowest BCUT2D eigenvalue weighted by Crippen LogP contribution is -2.24. The largest absolute Gasteiger partial charge is 0.438 e. The molecule has 0 heterocycles. The van der Waals surface area contributed by atoms with Crippen LogP contribution in [0.25, 0.3) is 0 Å². The van der Waals surface area contributed by atoms with Gasteiger partial charge in [-0.25, -0.2) is 0 Å². The maximum absolute atomic E-state index is 12.3. The van der Waals surface area contributed by atoms with Gasteiger partial charge in [-0.15, -0.1) is 0 Å². The summed E-state index contributed by atoms with van der Waals surface area (Å²) in [6.07, 6.45) is 0. The molecule has 0 atom stereocenters. The van der Waals surface area contributed by atoms with E-state index in [4.69, 9.17) is 18.5 Å². The van der Waals surface area contributed by atoms with Gasteiger partial charge in [-0.2, -0.15) is 0 Å². The maximum atomic E-state index is 12.3. The monoisotopic (exact) mass is 414 g/mol. The molecule has 23 heavy (non-hydrogen) atoms. The van der Waals surface area contributed by atoms with E-state index < -0.39 is 44.0 Å². The normalized spacial score (nSPS) is 13.2. The van der Waals surface area contributed by atoms with Crippen LogP contribution in [-0.2, 0) is 32.7 Å². The van der Waals surface area contributed by atoms with E-state index in [-0.39, 0.29) is 0 Å². The third-order valence-corrected chi connectivity index (χ3v) is 4.43.